The molecule has 1 fully saturated rings. The van der Waals surface area contributed by atoms with E-state index in [1.165, 1.54) is 10.9 Å². The number of aromatic nitrogens is 2. The maximum absolute atomic E-state index is 11.9. The second-order valence-corrected chi connectivity index (χ2v) is 5.32. The average Bonchev–Trinajstić information content (AvgIpc) is 3.26. The van der Waals surface area contributed by atoms with Crippen molar-refractivity contribution in [1.29, 1.82) is 0 Å². The van der Waals surface area contributed by atoms with Gasteiger partial charge in [-0.1, -0.05) is 5.92 Å². The van der Waals surface area contributed by atoms with E-state index in [4.69, 9.17) is 6.42 Å². The first-order valence-electron chi connectivity index (χ1n) is 6.34. The van der Waals surface area contributed by atoms with Crippen molar-refractivity contribution >= 4 is 27.5 Å². The zero-order valence-corrected chi connectivity index (χ0v) is 12.4. The fourth-order valence-electron chi connectivity index (χ4n) is 1.66. The van der Waals surface area contributed by atoms with E-state index in [-0.39, 0.29) is 23.9 Å². The second kappa shape index (κ2) is 6.57. The average molecular weight is 339 g/mol. The summed E-state index contributed by atoms with van der Waals surface area (Å²) in [5, 5.41) is 9.84. The zero-order valence-electron chi connectivity index (χ0n) is 10.9. The predicted octanol–water partition coefficient (Wildman–Crippen LogP) is 0.577. The summed E-state index contributed by atoms with van der Waals surface area (Å²) in [5.41, 5.74) is 0.305. The van der Waals surface area contributed by atoms with Gasteiger partial charge in [0.25, 0.3) is 5.56 Å². The highest BCUT2D eigenvalue weighted by molar-refractivity contribution is 9.10. The number of hydrogen-bond acceptors (Lipinski definition) is 4. The van der Waals surface area contributed by atoms with E-state index < -0.39 is 0 Å². The smallest absolute Gasteiger partial charge is 0.284 e. The predicted molar refractivity (Wildman–Crippen MR) is 79.3 cm³/mol. The van der Waals surface area contributed by atoms with E-state index in [0.29, 0.717) is 23.2 Å². The first-order valence-corrected chi connectivity index (χ1v) is 7.13. The molecule has 0 bridgehead atoms. The molecule has 2 rings (SSSR count). The van der Waals surface area contributed by atoms with Gasteiger partial charge in [0.15, 0.2) is 0 Å². The van der Waals surface area contributed by atoms with Gasteiger partial charge in [-0.2, -0.15) is 5.10 Å². The largest absolute Gasteiger partial charge is 0.381 e. The fourth-order valence-corrected chi connectivity index (χ4v) is 2.11. The number of halogens is 1. The van der Waals surface area contributed by atoms with Crippen LogP contribution in [0, 0.1) is 18.3 Å². The Hall–Kier alpha value is -1.81. The number of nitrogens with one attached hydrogen (secondary N) is 2. The van der Waals surface area contributed by atoms with Crippen LogP contribution in [-0.4, -0.2) is 28.8 Å². The van der Waals surface area contributed by atoms with Crippen LogP contribution in [0.5, 0.6) is 0 Å². The van der Waals surface area contributed by atoms with Crippen molar-refractivity contribution in [2.45, 2.75) is 19.4 Å². The van der Waals surface area contributed by atoms with Crippen LogP contribution >= 0.6 is 15.9 Å². The summed E-state index contributed by atoms with van der Waals surface area (Å²) < 4.78 is 1.58. The van der Waals surface area contributed by atoms with Crippen molar-refractivity contribution in [2.75, 3.05) is 18.4 Å². The lowest BCUT2D eigenvalue weighted by Gasteiger charge is -2.10. The number of carbonyl (C=O) groups is 1. The molecule has 20 heavy (non-hydrogen) atoms. The van der Waals surface area contributed by atoms with Gasteiger partial charge in [-0.15, -0.1) is 6.42 Å². The van der Waals surface area contributed by atoms with Gasteiger partial charge in [-0.25, -0.2) is 4.68 Å². The molecule has 6 nitrogen and oxygen atoms in total. The van der Waals surface area contributed by atoms with Crippen LogP contribution in [0.2, 0.25) is 0 Å². The Bertz CT molecular complexity index is 601. The van der Waals surface area contributed by atoms with Crippen molar-refractivity contribution in [3.63, 3.8) is 0 Å². The standard InChI is InChI=1S/C13H15BrN4O2/c1-2-7-18-13(20)11(14)10(8-17-18)15-5-6-16-12(19)9-3-4-9/h1,8-9,15H,3-7H2,(H,16,19). The topological polar surface area (TPSA) is 76.0 Å². The minimum absolute atomic E-state index is 0.105. The molecule has 0 unspecified atom stereocenters. The Morgan fingerprint density at radius 2 is 2.30 bits per heavy atom. The summed E-state index contributed by atoms with van der Waals surface area (Å²) in [6.45, 7) is 1.17. The summed E-state index contributed by atoms with van der Waals surface area (Å²) >= 11 is 3.22. The molecule has 0 aromatic carbocycles. The number of amides is 1. The van der Waals surface area contributed by atoms with Crippen molar-refractivity contribution < 1.29 is 4.79 Å². The van der Waals surface area contributed by atoms with Crippen LogP contribution in [-0.2, 0) is 11.3 Å². The van der Waals surface area contributed by atoms with Crippen LogP contribution in [0.1, 0.15) is 12.8 Å². The number of nitrogens with zero attached hydrogens (tertiary/aromatic N) is 2. The van der Waals surface area contributed by atoms with Gasteiger partial charge in [0.2, 0.25) is 5.91 Å². The molecule has 1 aliphatic rings. The molecule has 7 heteroatoms. The third-order valence-corrected chi connectivity index (χ3v) is 3.68. The first-order chi connectivity index (χ1) is 9.63. The maximum atomic E-state index is 11.9. The number of carbonyl (C=O) groups excluding carboxylic acids is 1. The summed E-state index contributed by atoms with van der Waals surface area (Å²) in [7, 11) is 0. The third-order valence-electron chi connectivity index (χ3n) is 2.91. The molecular formula is C13H15BrN4O2. The lowest BCUT2D eigenvalue weighted by atomic mass is 10.4. The molecule has 1 heterocycles. The molecule has 0 saturated heterocycles. The van der Waals surface area contributed by atoms with Crippen LogP contribution in [0.4, 0.5) is 5.69 Å². The monoisotopic (exact) mass is 338 g/mol. The van der Waals surface area contributed by atoms with E-state index in [2.05, 4.69) is 37.6 Å². The van der Waals surface area contributed by atoms with Crippen LogP contribution in [0.15, 0.2) is 15.5 Å². The summed E-state index contributed by atoms with van der Waals surface area (Å²) in [4.78, 5) is 23.3. The van der Waals surface area contributed by atoms with Crippen molar-refractivity contribution in [3.05, 3.63) is 21.0 Å². The molecule has 0 spiro atoms. The van der Waals surface area contributed by atoms with Crippen LogP contribution in [0.3, 0.4) is 0 Å². The summed E-state index contributed by atoms with van der Waals surface area (Å²) in [6.07, 6.45) is 8.66. The highest BCUT2D eigenvalue weighted by atomic mass is 79.9. The number of hydrogen-bond donors (Lipinski definition) is 2. The molecule has 106 valence electrons. The molecule has 1 aromatic heterocycles. The second-order valence-electron chi connectivity index (χ2n) is 4.53. The SMILES string of the molecule is C#CCn1ncc(NCCNC(=O)C2CC2)c(Br)c1=O. The lowest BCUT2D eigenvalue weighted by Crippen LogP contribution is -2.30. The molecule has 0 radical (unpaired) electrons. The van der Waals surface area contributed by atoms with Gasteiger partial charge >= 0.3 is 0 Å². The van der Waals surface area contributed by atoms with Crippen molar-refractivity contribution in [3.8, 4) is 12.3 Å². The van der Waals surface area contributed by atoms with Gasteiger partial charge in [-0.05, 0) is 28.8 Å². The normalized spacial score (nSPS) is 13.6. The zero-order chi connectivity index (χ0) is 14.5. The van der Waals surface area contributed by atoms with Gasteiger partial charge in [0, 0.05) is 19.0 Å². The van der Waals surface area contributed by atoms with E-state index >= 15 is 0 Å². The van der Waals surface area contributed by atoms with Gasteiger partial charge in [0.1, 0.15) is 11.0 Å². The Morgan fingerprint density at radius 3 is 2.95 bits per heavy atom. The lowest BCUT2D eigenvalue weighted by molar-refractivity contribution is -0.122. The maximum Gasteiger partial charge on any atom is 0.284 e. The molecule has 0 aliphatic heterocycles. The highest BCUT2D eigenvalue weighted by Gasteiger charge is 2.28. The number of rotatable bonds is 6. The molecule has 1 aliphatic carbocycles. The van der Waals surface area contributed by atoms with Gasteiger partial charge < -0.3 is 10.6 Å². The summed E-state index contributed by atoms with van der Waals surface area (Å²) in [5.74, 6) is 2.67. The van der Waals surface area contributed by atoms with Crippen molar-refractivity contribution in [2.24, 2.45) is 5.92 Å². The van der Waals surface area contributed by atoms with E-state index in [1.807, 2.05) is 0 Å². The Balaban J connectivity index is 1.86. The Kier molecular flexibility index (Phi) is 4.79. The molecule has 2 N–H and O–H groups in total. The molecular weight excluding hydrogens is 324 g/mol. The Labute approximate surface area is 125 Å². The fraction of sp³-hybridized carbons (Fsp3) is 0.462. The molecule has 1 saturated carbocycles. The minimum Gasteiger partial charge on any atom is -0.381 e. The number of anilines is 1. The summed E-state index contributed by atoms with van der Waals surface area (Å²) in [6, 6.07) is 0. The third kappa shape index (κ3) is 3.61. The molecule has 1 aromatic rings. The molecule has 1 amide bonds. The Morgan fingerprint density at radius 1 is 1.55 bits per heavy atom. The quantitative estimate of drug-likeness (QED) is 0.587. The van der Waals surface area contributed by atoms with Crippen molar-refractivity contribution in [1.82, 2.24) is 15.1 Å². The van der Waals surface area contributed by atoms with Crippen LogP contribution < -0.4 is 16.2 Å². The first kappa shape index (κ1) is 14.6. The van der Waals surface area contributed by atoms with E-state index in [9.17, 15) is 9.59 Å². The van der Waals surface area contributed by atoms with Gasteiger partial charge in [-0.3, -0.25) is 9.59 Å². The number of terminal acetylenes is 1. The highest BCUT2D eigenvalue weighted by Crippen LogP contribution is 2.28. The van der Waals surface area contributed by atoms with E-state index in [0.717, 1.165) is 12.8 Å². The molecule has 0 atom stereocenters. The van der Waals surface area contributed by atoms with Crippen LogP contribution in [0.25, 0.3) is 0 Å². The minimum atomic E-state index is -0.282. The van der Waals surface area contributed by atoms with E-state index in [1.54, 1.807) is 0 Å². The van der Waals surface area contributed by atoms with Gasteiger partial charge in [0.05, 0.1) is 11.9 Å².